The molecule has 6 nitrogen and oxygen atoms in total. The SMILES string of the molecule is COc1ccc(Br)cc1C(c1cccc(OC)c1OC)N1CCCC(C(=O)O)C1. The van der Waals surface area contributed by atoms with Gasteiger partial charge in [-0.2, -0.15) is 0 Å². The first-order valence-electron chi connectivity index (χ1n) is 9.51. The number of rotatable bonds is 7. The summed E-state index contributed by atoms with van der Waals surface area (Å²) in [7, 11) is 4.87. The smallest absolute Gasteiger partial charge is 0.307 e. The molecule has 1 aliphatic rings. The fraction of sp³-hybridized carbons (Fsp3) is 0.409. The molecule has 0 spiro atoms. The second kappa shape index (κ2) is 9.50. The molecule has 0 amide bonds. The number of carbonyl (C=O) groups is 1. The van der Waals surface area contributed by atoms with E-state index in [-0.39, 0.29) is 6.04 Å². The van der Waals surface area contributed by atoms with Crippen LogP contribution in [0.4, 0.5) is 0 Å². The first-order valence-corrected chi connectivity index (χ1v) is 10.3. The van der Waals surface area contributed by atoms with Crippen molar-refractivity contribution < 1.29 is 24.1 Å². The molecule has 7 heteroatoms. The Kier molecular flexibility index (Phi) is 7.03. The summed E-state index contributed by atoms with van der Waals surface area (Å²) in [5.74, 6) is 0.851. The molecule has 29 heavy (non-hydrogen) atoms. The molecule has 1 aliphatic heterocycles. The average Bonchev–Trinajstić information content (AvgIpc) is 2.74. The number of benzene rings is 2. The fourth-order valence-corrected chi connectivity index (χ4v) is 4.43. The van der Waals surface area contributed by atoms with Gasteiger partial charge in [-0.15, -0.1) is 0 Å². The Balaban J connectivity index is 2.18. The molecule has 0 saturated carbocycles. The number of methoxy groups -OCH3 is 3. The van der Waals surface area contributed by atoms with E-state index in [9.17, 15) is 9.90 Å². The van der Waals surface area contributed by atoms with Crippen molar-refractivity contribution in [1.29, 1.82) is 0 Å². The number of hydrogen-bond donors (Lipinski definition) is 1. The van der Waals surface area contributed by atoms with Crippen molar-refractivity contribution in [2.75, 3.05) is 34.4 Å². The van der Waals surface area contributed by atoms with Crippen molar-refractivity contribution in [2.24, 2.45) is 5.92 Å². The van der Waals surface area contributed by atoms with Gasteiger partial charge in [-0.1, -0.05) is 28.1 Å². The van der Waals surface area contributed by atoms with Crippen molar-refractivity contribution in [3.63, 3.8) is 0 Å². The van der Waals surface area contributed by atoms with Gasteiger partial charge in [-0.3, -0.25) is 9.69 Å². The Morgan fingerprint density at radius 3 is 2.52 bits per heavy atom. The zero-order valence-corrected chi connectivity index (χ0v) is 18.4. The molecule has 156 valence electrons. The number of nitrogens with zero attached hydrogens (tertiary/aromatic N) is 1. The number of ether oxygens (including phenoxy) is 3. The lowest BCUT2D eigenvalue weighted by Gasteiger charge is -2.38. The molecule has 0 bridgehead atoms. The number of para-hydroxylation sites is 1. The zero-order chi connectivity index (χ0) is 21.0. The number of piperidine rings is 1. The van der Waals surface area contributed by atoms with Gasteiger partial charge in [-0.25, -0.2) is 0 Å². The van der Waals surface area contributed by atoms with E-state index in [4.69, 9.17) is 14.2 Å². The van der Waals surface area contributed by atoms with Crippen molar-refractivity contribution >= 4 is 21.9 Å². The van der Waals surface area contributed by atoms with E-state index in [2.05, 4.69) is 20.8 Å². The lowest BCUT2D eigenvalue weighted by molar-refractivity contribution is -0.143. The van der Waals surface area contributed by atoms with Crippen LogP contribution in [-0.2, 0) is 4.79 Å². The normalized spacial score (nSPS) is 18.1. The number of hydrogen-bond acceptors (Lipinski definition) is 5. The zero-order valence-electron chi connectivity index (χ0n) is 16.9. The number of aliphatic carboxylic acids is 1. The Bertz CT molecular complexity index is 872. The third-order valence-electron chi connectivity index (χ3n) is 5.38. The first-order chi connectivity index (χ1) is 14.0. The quantitative estimate of drug-likeness (QED) is 0.657. The van der Waals surface area contributed by atoms with Crippen LogP contribution in [0.25, 0.3) is 0 Å². The van der Waals surface area contributed by atoms with Crippen LogP contribution in [0.5, 0.6) is 17.2 Å². The Morgan fingerprint density at radius 2 is 1.86 bits per heavy atom. The van der Waals surface area contributed by atoms with E-state index in [1.807, 2.05) is 36.4 Å². The van der Waals surface area contributed by atoms with Crippen molar-refractivity contribution in [2.45, 2.75) is 18.9 Å². The van der Waals surface area contributed by atoms with E-state index >= 15 is 0 Å². The topological polar surface area (TPSA) is 68.2 Å². The standard InChI is InChI=1S/C22H26BrNO5/c1-27-18-10-9-15(23)12-17(18)20(24-11-5-6-14(13-24)22(25)26)16-7-4-8-19(28-2)21(16)29-3/h4,7-10,12,14,20H,5-6,11,13H2,1-3H3,(H,25,26). The molecule has 1 fully saturated rings. The summed E-state index contributed by atoms with van der Waals surface area (Å²) >= 11 is 3.57. The monoisotopic (exact) mass is 463 g/mol. The molecular weight excluding hydrogens is 438 g/mol. The maximum atomic E-state index is 11.7. The van der Waals surface area contributed by atoms with E-state index < -0.39 is 11.9 Å². The highest BCUT2D eigenvalue weighted by Crippen LogP contribution is 2.44. The van der Waals surface area contributed by atoms with E-state index in [0.717, 1.165) is 34.3 Å². The highest BCUT2D eigenvalue weighted by Gasteiger charge is 2.34. The van der Waals surface area contributed by atoms with Gasteiger partial charge in [0.2, 0.25) is 0 Å². The molecule has 0 aromatic heterocycles. The maximum absolute atomic E-state index is 11.7. The van der Waals surface area contributed by atoms with Crippen LogP contribution in [0, 0.1) is 5.92 Å². The summed E-state index contributed by atoms with van der Waals surface area (Å²) in [5.41, 5.74) is 1.86. The predicted octanol–water partition coefficient (Wildman–Crippen LogP) is 4.36. The Morgan fingerprint density at radius 1 is 1.10 bits per heavy atom. The average molecular weight is 464 g/mol. The molecule has 3 rings (SSSR count). The highest BCUT2D eigenvalue weighted by molar-refractivity contribution is 9.10. The summed E-state index contributed by atoms with van der Waals surface area (Å²) in [6.07, 6.45) is 1.50. The fourth-order valence-electron chi connectivity index (χ4n) is 4.05. The Labute approximate surface area is 179 Å². The van der Waals surface area contributed by atoms with Gasteiger partial charge in [0, 0.05) is 22.1 Å². The van der Waals surface area contributed by atoms with Gasteiger partial charge < -0.3 is 19.3 Å². The summed E-state index contributed by atoms with van der Waals surface area (Å²) < 4.78 is 17.8. The number of halogens is 1. The number of carboxylic acid groups (broad SMARTS) is 1. The summed E-state index contributed by atoms with van der Waals surface area (Å²) in [6.45, 7) is 1.24. The minimum absolute atomic E-state index is 0.241. The largest absolute Gasteiger partial charge is 0.496 e. The first kappa shape index (κ1) is 21.5. The molecule has 2 atom stereocenters. The van der Waals surface area contributed by atoms with Gasteiger partial charge in [0.1, 0.15) is 5.75 Å². The minimum Gasteiger partial charge on any atom is -0.496 e. The second-order valence-electron chi connectivity index (χ2n) is 7.04. The van der Waals surface area contributed by atoms with E-state index in [1.54, 1.807) is 21.3 Å². The molecule has 1 heterocycles. The van der Waals surface area contributed by atoms with Crippen LogP contribution in [-0.4, -0.2) is 50.4 Å². The van der Waals surface area contributed by atoms with Crippen LogP contribution >= 0.6 is 15.9 Å². The molecule has 2 unspecified atom stereocenters. The maximum Gasteiger partial charge on any atom is 0.307 e. The molecule has 0 aliphatic carbocycles. The van der Waals surface area contributed by atoms with Crippen LogP contribution in [0.3, 0.4) is 0 Å². The second-order valence-corrected chi connectivity index (χ2v) is 7.96. The van der Waals surface area contributed by atoms with Crippen LogP contribution in [0.1, 0.15) is 30.0 Å². The van der Waals surface area contributed by atoms with Crippen LogP contribution in [0.2, 0.25) is 0 Å². The molecule has 0 radical (unpaired) electrons. The number of carboxylic acids is 1. The van der Waals surface area contributed by atoms with E-state index in [1.165, 1.54) is 0 Å². The van der Waals surface area contributed by atoms with Gasteiger partial charge in [0.15, 0.2) is 11.5 Å². The van der Waals surface area contributed by atoms with Gasteiger partial charge in [-0.05, 0) is 43.7 Å². The third-order valence-corrected chi connectivity index (χ3v) is 5.87. The lowest BCUT2D eigenvalue weighted by atomic mass is 9.90. The van der Waals surface area contributed by atoms with Crippen LogP contribution < -0.4 is 14.2 Å². The lowest BCUT2D eigenvalue weighted by Crippen LogP contribution is -2.41. The van der Waals surface area contributed by atoms with Crippen molar-refractivity contribution in [1.82, 2.24) is 4.90 Å². The third kappa shape index (κ3) is 4.51. The predicted molar refractivity (Wildman–Crippen MR) is 114 cm³/mol. The number of likely N-dealkylation sites (tertiary alicyclic amines) is 1. The Hall–Kier alpha value is -2.25. The van der Waals surface area contributed by atoms with Gasteiger partial charge in [0.05, 0.1) is 33.3 Å². The van der Waals surface area contributed by atoms with Crippen LogP contribution in [0.15, 0.2) is 40.9 Å². The summed E-state index contributed by atoms with van der Waals surface area (Å²) in [6, 6.07) is 11.4. The molecule has 2 aromatic carbocycles. The van der Waals surface area contributed by atoms with E-state index in [0.29, 0.717) is 24.5 Å². The molecule has 2 aromatic rings. The summed E-state index contributed by atoms with van der Waals surface area (Å²) in [5, 5.41) is 9.60. The van der Waals surface area contributed by atoms with Crippen molar-refractivity contribution in [3.8, 4) is 17.2 Å². The summed E-state index contributed by atoms with van der Waals surface area (Å²) in [4.78, 5) is 13.9. The molecule has 1 saturated heterocycles. The minimum atomic E-state index is -0.757. The van der Waals surface area contributed by atoms with Gasteiger partial charge in [0.25, 0.3) is 0 Å². The molecule has 1 N–H and O–H groups in total. The van der Waals surface area contributed by atoms with Gasteiger partial charge >= 0.3 is 5.97 Å². The highest BCUT2D eigenvalue weighted by atomic mass is 79.9. The molecular formula is C22H26BrNO5. The van der Waals surface area contributed by atoms with Crippen molar-refractivity contribution in [3.05, 3.63) is 52.0 Å².